The van der Waals surface area contributed by atoms with Crippen molar-refractivity contribution in [1.29, 1.82) is 0 Å². The lowest BCUT2D eigenvalue weighted by Crippen LogP contribution is -2.22. The zero-order chi connectivity index (χ0) is 13.2. The summed E-state index contributed by atoms with van der Waals surface area (Å²) in [7, 11) is -3.66. The van der Waals surface area contributed by atoms with E-state index in [-0.39, 0.29) is 16.7 Å². The molecule has 96 valence electrons. The number of sulfonamides is 1. The number of amides is 1. The summed E-state index contributed by atoms with van der Waals surface area (Å²) >= 11 is 1.04. The van der Waals surface area contributed by atoms with Crippen LogP contribution in [0.4, 0.5) is 0 Å². The fraction of sp³-hybridized carbons (Fsp3) is 0.100. The molecule has 2 heterocycles. The maximum atomic E-state index is 11.6. The molecule has 1 amide bonds. The van der Waals surface area contributed by atoms with E-state index in [0.717, 1.165) is 16.2 Å². The largest absolute Gasteiger partial charge is 0.357 e. The molecule has 0 saturated carbocycles. The molecule has 2 aromatic rings. The summed E-state index contributed by atoms with van der Waals surface area (Å²) in [6.07, 6.45) is 1.65. The molecule has 0 fully saturated rings. The Labute approximate surface area is 108 Å². The molecule has 8 heteroatoms. The predicted octanol–water partition coefficient (Wildman–Crippen LogP) is 0.654. The molecule has 0 bridgehead atoms. The Bertz CT molecular complexity index is 644. The van der Waals surface area contributed by atoms with Crippen LogP contribution in [0.5, 0.6) is 0 Å². The Morgan fingerprint density at radius 3 is 2.72 bits per heavy atom. The second kappa shape index (κ2) is 4.92. The summed E-state index contributed by atoms with van der Waals surface area (Å²) < 4.78 is 22.2. The molecule has 6 nitrogen and oxygen atoms in total. The maximum absolute atomic E-state index is 11.6. The number of rotatable bonds is 4. The molecule has 2 rings (SSSR count). The summed E-state index contributed by atoms with van der Waals surface area (Å²) in [6, 6.07) is 6.42. The molecule has 0 aliphatic rings. The number of carbonyl (C=O) groups excluding carboxylic acids is 1. The van der Waals surface area contributed by atoms with Crippen LogP contribution >= 0.6 is 11.3 Å². The monoisotopic (exact) mass is 285 g/mol. The molecule has 0 unspecified atom stereocenters. The zero-order valence-corrected chi connectivity index (χ0v) is 10.8. The molecule has 0 aromatic carbocycles. The summed E-state index contributed by atoms with van der Waals surface area (Å²) in [5.41, 5.74) is 0.457. The van der Waals surface area contributed by atoms with Crippen LogP contribution in [0.15, 0.2) is 34.7 Å². The molecule has 0 atom stereocenters. The first kappa shape index (κ1) is 12.8. The topological polar surface area (TPSA) is 105 Å². The number of primary sulfonamides is 1. The number of thiophene rings is 1. The Kier molecular flexibility index (Phi) is 3.50. The van der Waals surface area contributed by atoms with Crippen molar-refractivity contribution in [2.24, 2.45) is 5.14 Å². The van der Waals surface area contributed by atoms with Gasteiger partial charge < -0.3 is 10.3 Å². The minimum absolute atomic E-state index is 0.0895. The van der Waals surface area contributed by atoms with E-state index in [1.54, 1.807) is 24.4 Å². The second-order valence-corrected chi connectivity index (χ2v) is 6.49. The van der Waals surface area contributed by atoms with Gasteiger partial charge in [0.15, 0.2) is 0 Å². The van der Waals surface area contributed by atoms with Gasteiger partial charge >= 0.3 is 0 Å². The summed E-state index contributed by atoms with van der Waals surface area (Å²) in [5, 5.41) is 7.66. The lowest BCUT2D eigenvalue weighted by molar-refractivity contribution is 0.0947. The van der Waals surface area contributed by atoms with Crippen LogP contribution in [-0.4, -0.2) is 19.3 Å². The summed E-state index contributed by atoms with van der Waals surface area (Å²) in [5.74, 6) is -0.245. The lowest BCUT2D eigenvalue weighted by atomic mass is 10.4. The van der Waals surface area contributed by atoms with Crippen LogP contribution in [0.1, 0.15) is 15.4 Å². The van der Waals surface area contributed by atoms with Crippen LogP contribution in [0.25, 0.3) is 0 Å². The number of aromatic amines is 1. The minimum Gasteiger partial charge on any atom is -0.357 e. The van der Waals surface area contributed by atoms with E-state index >= 15 is 0 Å². The first-order chi connectivity index (χ1) is 8.47. The molecule has 0 aliphatic heterocycles. The zero-order valence-electron chi connectivity index (χ0n) is 9.21. The normalized spacial score (nSPS) is 11.4. The molecule has 4 N–H and O–H groups in total. The fourth-order valence-electron chi connectivity index (χ4n) is 1.34. The predicted molar refractivity (Wildman–Crippen MR) is 67.7 cm³/mol. The van der Waals surface area contributed by atoms with Crippen molar-refractivity contribution in [3.63, 3.8) is 0 Å². The van der Waals surface area contributed by atoms with E-state index in [1.807, 2.05) is 0 Å². The molecule has 0 spiro atoms. The first-order valence-electron chi connectivity index (χ1n) is 5.00. The number of aromatic nitrogens is 1. The van der Waals surface area contributed by atoms with Crippen molar-refractivity contribution < 1.29 is 13.2 Å². The van der Waals surface area contributed by atoms with E-state index in [2.05, 4.69) is 10.3 Å². The Morgan fingerprint density at radius 2 is 2.17 bits per heavy atom. The van der Waals surface area contributed by atoms with Crippen molar-refractivity contribution in [2.45, 2.75) is 10.8 Å². The summed E-state index contributed by atoms with van der Waals surface area (Å²) in [4.78, 5) is 15.1. The number of nitrogens with one attached hydrogen (secondary N) is 2. The Morgan fingerprint density at radius 1 is 1.39 bits per heavy atom. The van der Waals surface area contributed by atoms with Gasteiger partial charge in [-0.1, -0.05) is 0 Å². The smallest absolute Gasteiger partial charge is 0.267 e. The minimum atomic E-state index is -3.66. The van der Waals surface area contributed by atoms with Gasteiger partial charge in [-0.3, -0.25) is 4.79 Å². The molecule has 0 saturated heterocycles. The lowest BCUT2D eigenvalue weighted by Gasteiger charge is -2.00. The number of nitrogens with two attached hydrogens (primary N) is 1. The molecule has 0 radical (unpaired) electrons. The molecule has 2 aromatic heterocycles. The average molecular weight is 285 g/mol. The number of H-pyrrole nitrogens is 1. The number of carbonyl (C=O) groups is 1. The van der Waals surface area contributed by atoms with Gasteiger partial charge in [0.05, 0.1) is 6.54 Å². The molecule has 18 heavy (non-hydrogen) atoms. The highest BCUT2D eigenvalue weighted by Crippen LogP contribution is 2.19. The van der Waals surface area contributed by atoms with E-state index in [4.69, 9.17) is 5.14 Å². The van der Waals surface area contributed by atoms with Crippen molar-refractivity contribution in [3.8, 4) is 0 Å². The van der Waals surface area contributed by atoms with E-state index < -0.39 is 10.0 Å². The average Bonchev–Trinajstić information content (AvgIpc) is 2.96. The first-order valence-corrected chi connectivity index (χ1v) is 7.36. The van der Waals surface area contributed by atoms with Gasteiger partial charge in [-0.25, -0.2) is 13.6 Å². The van der Waals surface area contributed by atoms with Crippen molar-refractivity contribution in [1.82, 2.24) is 10.3 Å². The Balaban J connectivity index is 1.99. The second-order valence-electron chi connectivity index (χ2n) is 3.53. The standard InChI is InChI=1S/C10H11N3O3S2/c11-18(15,16)9-4-3-7(17-9)6-13-10(14)8-2-1-5-12-8/h1-5,12H,6H2,(H,13,14)(H2,11,15,16). The van der Waals surface area contributed by atoms with E-state index in [0.29, 0.717) is 5.69 Å². The van der Waals surface area contributed by atoms with Crippen LogP contribution in [0, 0.1) is 0 Å². The maximum Gasteiger partial charge on any atom is 0.267 e. The third-order valence-electron chi connectivity index (χ3n) is 2.18. The fourth-order valence-corrected chi connectivity index (χ4v) is 3.06. The molecular weight excluding hydrogens is 274 g/mol. The van der Waals surface area contributed by atoms with Gasteiger partial charge in [0, 0.05) is 11.1 Å². The van der Waals surface area contributed by atoms with Crippen LogP contribution in [0.2, 0.25) is 0 Å². The number of hydrogen-bond donors (Lipinski definition) is 3. The van der Waals surface area contributed by atoms with Crippen LogP contribution < -0.4 is 10.5 Å². The van der Waals surface area contributed by atoms with Crippen LogP contribution in [0.3, 0.4) is 0 Å². The quantitative estimate of drug-likeness (QED) is 0.768. The van der Waals surface area contributed by atoms with Crippen molar-refractivity contribution in [2.75, 3.05) is 0 Å². The van der Waals surface area contributed by atoms with Gasteiger partial charge in [-0.15, -0.1) is 11.3 Å². The third kappa shape index (κ3) is 2.97. The third-order valence-corrected chi connectivity index (χ3v) is 4.71. The van der Waals surface area contributed by atoms with Crippen molar-refractivity contribution >= 4 is 27.3 Å². The van der Waals surface area contributed by atoms with Gasteiger partial charge in [-0.05, 0) is 24.3 Å². The van der Waals surface area contributed by atoms with E-state index in [9.17, 15) is 13.2 Å². The van der Waals surface area contributed by atoms with Crippen LogP contribution in [-0.2, 0) is 16.6 Å². The SMILES string of the molecule is NS(=O)(=O)c1ccc(CNC(=O)c2ccc[nH]2)s1. The summed E-state index contributed by atoms with van der Waals surface area (Å²) in [6.45, 7) is 0.262. The molecular formula is C10H11N3O3S2. The van der Waals surface area contributed by atoms with Gasteiger partial charge in [0.25, 0.3) is 5.91 Å². The van der Waals surface area contributed by atoms with Crippen molar-refractivity contribution in [3.05, 3.63) is 41.0 Å². The highest BCUT2D eigenvalue weighted by Gasteiger charge is 2.12. The Hall–Kier alpha value is -1.64. The van der Waals surface area contributed by atoms with Gasteiger partial charge in [0.2, 0.25) is 10.0 Å². The highest BCUT2D eigenvalue weighted by molar-refractivity contribution is 7.91. The number of hydrogen-bond acceptors (Lipinski definition) is 4. The van der Waals surface area contributed by atoms with Gasteiger partial charge in [0.1, 0.15) is 9.90 Å². The van der Waals surface area contributed by atoms with Gasteiger partial charge in [-0.2, -0.15) is 0 Å². The molecule has 0 aliphatic carbocycles. The van der Waals surface area contributed by atoms with E-state index in [1.165, 1.54) is 6.07 Å². The highest BCUT2D eigenvalue weighted by atomic mass is 32.2.